The molecule has 0 aromatic carbocycles. The van der Waals surface area contributed by atoms with Crippen LogP contribution in [0.25, 0.3) is 0 Å². The summed E-state index contributed by atoms with van der Waals surface area (Å²) >= 11 is 0. The molecule has 0 bridgehead atoms. The van der Waals surface area contributed by atoms with E-state index in [1.807, 2.05) is 27.7 Å². The highest BCUT2D eigenvalue weighted by Crippen LogP contribution is 2.26. The fourth-order valence-electron chi connectivity index (χ4n) is 1.86. The maximum atomic E-state index is 10.6. The van der Waals surface area contributed by atoms with Crippen molar-refractivity contribution in [2.24, 2.45) is 11.3 Å². The van der Waals surface area contributed by atoms with Gasteiger partial charge in [0.1, 0.15) is 5.82 Å². The first-order valence-corrected chi connectivity index (χ1v) is 6.21. The highest BCUT2D eigenvalue weighted by atomic mass is 16.4. The van der Waals surface area contributed by atoms with Gasteiger partial charge in [-0.2, -0.15) is 0 Å². The SMILES string of the molecule is CC(C)C(O)C(C)(C)CNc1cnc(C(=O)O)cn1. The zero-order valence-corrected chi connectivity index (χ0v) is 11.7. The predicted molar refractivity (Wildman–Crippen MR) is 72.1 cm³/mol. The van der Waals surface area contributed by atoms with Crippen molar-refractivity contribution in [2.45, 2.75) is 33.8 Å². The zero-order valence-electron chi connectivity index (χ0n) is 11.7. The summed E-state index contributed by atoms with van der Waals surface area (Å²) in [5.41, 5.74) is -0.409. The molecule has 6 heteroatoms. The third-order valence-electron chi connectivity index (χ3n) is 3.03. The van der Waals surface area contributed by atoms with Crippen LogP contribution < -0.4 is 5.32 Å². The highest BCUT2D eigenvalue weighted by Gasteiger charge is 2.30. The first-order valence-electron chi connectivity index (χ1n) is 6.21. The van der Waals surface area contributed by atoms with Crippen LogP contribution in [0.5, 0.6) is 0 Å². The minimum atomic E-state index is -1.10. The number of aromatic carboxylic acids is 1. The Labute approximate surface area is 112 Å². The average molecular weight is 267 g/mol. The van der Waals surface area contributed by atoms with E-state index < -0.39 is 12.1 Å². The summed E-state index contributed by atoms with van der Waals surface area (Å²) in [5, 5.41) is 21.9. The minimum absolute atomic E-state index is 0.0907. The lowest BCUT2D eigenvalue weighted by Gasteiger charge is -2.33. The number of aromatic nitrogens is 2. The van der Waals surface area contributed by atoms with Crippen LogP contribution >= 0.6 is 0 Å². The lowest BCUT2D eigenvalue weighted by Crippen LogP contribution is -2.39. The summed E-state index contributed by atoms with van der Waals surface area (Å²) in [5.74, 6) is -0.444. The van der Waals surface area contributed by atoms with Crippen LogP contribution in [0, 0.1) is 11.3 Å². The summed E-state index contributed by atoms with van der Waals surface area (Å²) in [4.78, 5) is 18.4. The van der Waals surface area contributed by atoms with Gasteiger partial charge in [0, 0.05) is 12.0 Å². The predicted octanol–water partition coefficient (Wildman–Crippen LogP) is 1.63. The number of hydrogen-bond acceptors (Lipinski definition) is 5. The van der Waals surface area contributed by atoms with Gasteiger partial charge in [0.25, 0.3) is 0 Å². The molecule has 0 radical (unpaired) electrons. The van der Waals surface area contributed by atoms with E-state index in [0.29, 0.717) is 12.4 Å². The Morgan fingerprint density at radius 2 is 2.00 bits per heavy atom. The molecule has 1 rings (SSSR count). The van der Waals surface area contributed by atoms with Crippen molar-refractivity contribution in [1.82, 2.24) is 9.97 Å². The molecule has 0 saturated carbocycles. The summed E-state index contributed by atoms with van der Waals surface area (Å²) in [6.07, 6.45) is 2.14. The first-order chi connectivity index (χ1) is 8.74. The molecule has 106 valence electrons. The summed E-state index contributed by atoms with van der Waals surface area (Å²) < 4.78 is 0. The van der Waals surface area contributed by atoms with Gasteiger partial charge in [-0.3, -0.25) is 0 Å². The number of nitrogens with zero attached hydrogens (tertiary/aromatic N) is 2. The molecule has 1 heterocycles. The molecule has 3 N–H and O–H groups in total. The maximum absolute atomic E-state index is 10.6. The van der Waals surface area contributed by atoms with Crippen LogP contribution in [-0.2, 0) is 0 Å². The molecule has 1 aromatic heterocycles. The number of hydrogen-bond donors (Lipinski definition) is 3. The standard InChI is InChI=1S/C13H21N3O3/c1-8(2)11(17)13(3,4)7-16-10-6-14-9(5-15-10)12(18)19/h5-6,8,11,17H,7H2,1-4H3,(H,15,16)(H,18,19). The van der Waals surface area contributed by atoms with Crippen molar-refractivity contribution in [3.63, 3.8) is 0 Å². The number of aliphatic hydroxyl groups is 1. The Bertz CT molecular complexity index is 429. The van der Waals surface area contributed by atoms with E-state index >= 15 is 0 Å². The van der Waals surface area contributed by atoms with Crippen LogP contribution in [0.15, 0.2) is 12.4 Å². The fourth-order valence-corrected chi connectivity index (χ4v) is 1.86. The lowest BCUT2D eigenvalue weighted by molar-refractivity contribution is 0.0210. The van der Waals surface area contributed by atoms with E-state index in [9.17, 15) is 9.90 Å². The van der Waals surface area contributed by atoms with Gasteiger partial charge in [0.15, 0.2) is 5.69 Å². The molecule has 19 heavy (non-hydrogen) atoms. The molecule has 1 atom stereocenters. The van der Waals surface area contributed by atoms with Gasteiger partial charge in [-0.15, -0.1) is 0 Å². The molecule has 0 aliphatic heterocycles. The van der Waals surface area contributed by atoms with Crippen molar-refractivity contribution in [3.05, 3.63) is 18.1 Å². The Hall–Kier alpha value is -1.69. The van der Waals surface area contributed by atoms with Gasteiger partial charge in [-0.1, -0.05) is 27.7 Å². The summed E-state index contributed by atoms with van der Waals surface area (Å²) in [7, 11) is 0. The van der Waals surface area contributed by atoms with E-state index in [2.05, 4.69) is 15.3 Å². The van der Waals surface area contributed by atoms with Gasteiger partial charge in [0.05, 0.1) is 18.5 Å². The van der Waals surface area contributed by atoms with Crippen LogP contribution in [0.3, 0.4) is 0 Å². The van der Waals surface area contributed by atoms with Crippen molar-refractivity contribution >= 4 is 11.8 Å². The second-order valence-corrected chi connectivity index (χ2v) is 5.62. The fraction of sp³-hybridized carbons (Fsp3) is 0.615. The topological polar surface area (TPSA) is 95.3 Å². The molecule has 1 aromatic rings. The van der Waals surface area contributed by atoms with Crippen molar-refractivity contribution in [2.75, 3.05) is 11.9 Å². The molecule has 0 fully saturated rings. The van der Waals surface area contributed by atoms with E-state index in [4.69, 9.17) is 5.11 Å². The normalized spacial score (nSPS) is 13.4. The minimum Gasteiger partial charge on any atom is -0.476 e. The third-order valence-corrected chi connectivity index (χ3v) is 3.03. The van der Waals surface area contributed by atoms with E-state index in [-0.39, 0.29) is 17.0 Å². The quantitative estimate of drug-likeness (QED) is 0.725. The number of anilines is 1. The van der Waals surface area contributed by atoms with Gasteiger partial charge in [-0.05, 0) is 5.92 Å². The highest BCUT2D eigenvalue weighted by molar-refractivity contribution is 5.84. The second-order valence-electron chi connectivity index (χ2n) is 5.62. The van der Waals surface area contributed by atoms with Crippen molar-refractivity contribution in [1.29, 1.82) is 0 Å². The van der Waals surface area contributed by atoms with E-state index in [1.54, 1.807) is 0 Å². The lowest BCUT2D eigenvalue weighted by atomic mass is 9.81. The van der Waals surface area contributed by atoms with Gasteiger partial charge >= 0.3 is 5.97 Å². The number of carboxylic acid groups (broad SMARTS) is 1. The molecule has 0 saturated heterocycles. The number of rotatable bonds is 6. The summed E-state index contributed by atoms with van der Waals surface area (Å²) in [6.45, 7) is 8.38. The van der Waals surface area contributed by atoms with Crippen molar-refractivity contribution in [3.8, 4) is 0 Å². The molecule has 0 amide bonds. The van der Waals surface area contributed by atoms with E-state index in [1.165, 1.54) is 12.4 Å². The molecule has 1 unspecified atom stereocenters. The third kappa shape index (κ3) is 4.17. The van der Waals surface area contributed by atoms with Gasteiger partial charge in [0.2, 0.25) is 0 Å². The first kappa shape index (κ1) is 15.4. The smallest absolute Gasteiger partial charge is 0.356 e. The summed E-state index contributed by atoms with van der Waals surface area (Å²) in [6, 6.07) is 0. The molecule has 0 spiro atoms. The monoisotopic (exact) mass is 267 g/mol. The maximum Gasteiger partial charge on any atom is 0.356 e. The molecular weight excluding hydrogens is 246 g/mol. The van der Waals surface area contributed by atoms with Crippen molar-refractivity contribution < 1.29 is 15.0 Å². The van der Waals surface area contributed by atoms with Gasteiger partial charge in [-0.25, -0.2) is 14.8 Å². The number of carbonyl (C=O) groups is 1. The molecule has 0 aliphatic rings. The number of nitrogens with one attached hydrogen (secondary N) is 1. The van der Waals surface area contributed by atoms with Crippen LogP contribution in [0.2, 0.25) is 0 Å². The van der Waals surface area contributed by atoms with Gasteiger partial charge < -0.3 is 15.5 Å². The number of carboxylic acids is 1. The van der Waals surface area contributed by atoms with Crippen LogP contribution in [0.1, 0.15) is 38.2 Å². The molecule has 6 nitrogen and oxygen atoms in total. The Balaban J connectivity index is 2.63. The largest absolute Gasteiger partial charge is 0.476 e. The zero-order chi connectivity index (χ0) is 14.6. The molecule has 0 aliphatic carbocycles. The molecular formula is C13H21N3O3. The second kappa shape index (κ2) is 5.97. The van der Waals surface area contributed by atoms with Crippen LogP contribution in [-0.4, -0.2) is 38.8 Å². The Kier molecular flexibility index (Phi) is 4.83. The number of aliphatic hydroxyl groups excluding tert-OH is 1. The van der Waals surface area contributed by atoms with Crippen LogP contribution in [0.4, 0.5) is 5.82 Å². The Morgan fingerprint density at radius 3 is 2.42 bits per heavy atom. The average Bonchev–Trinajstić information content (AvgIpc) is 2.35. The van der Waals surface area contributed by atoms with E-state index in [0.717, 1.165) is 0 Å². The Morgan fingerprint density at radius 1 is 1.37 bits per heavy atom.